The summed E-state index contributed by atoms with van der Waals surface area (Å²) in [5.41, 5.74) is 2.63. The number of nitriles is 1. The second kappa shape index (κ2) is 12.6. The third-order valence-corrected chi connectivity index (χ3v) is 6.32. The molecule has 3 atom stereocenters. The average Bonchev–Trinajstić information content (AvgIpc) is 3.52. The van der Waals surface area contributed by atoms with Crippen LogP contribution in [-0.4, -0.2) is 68.7 Å². The van der Waals surface area contributed by atoms with Crippen LogP contribution < -0.4 is 5.32 Å². The molecule has 3 heterocycles. The highest BCUT2D eigenvalue weighted by Crippen LogP contribution is 2.23. The quantitative estimate of drug-likeness (QED) is 0.474. The zero-order chi connectivity index (χ0) is 26.9. The highest BCUT2D eigenvalue weighted by molar-refractivity contribution is 5.96. The number of rotatable bonds is 7. The van der Waals surface area contributed by atoms with Gasteiger partial charge < -0.3 is 20.1 Å². The Kier molecular flexibility index (Phi) is 9.33. The van der Waals surface area contributed by atoms with Crippen LogP contribution in [0.1, 0.15) is 44.1 Å². The fourth-order valence-electron chi connectivity index (χ4n) is 4.26. The number of fused-ring (bicyclic) bond motifs is 1. The maximum Gasteiger partial charge on any atom is 0.270 e. The number of aromatic amines is 1. The number of carbonyl (C=O) groups is 3. The van der Waals surface area contributed by atoms with Crippen LogP contribution >= 0.6 is 0 Å². The molecule has 3 amide bonds. The standard InChI is InChI=1S/C14H20N4O.C13H13N3O2/c1-9(2)7-10(3)18(4)14(19)12-8-11-13(17-12)16-6-5-15-11;14-7-12-6-10(8-16(12)9-17)13(18)15-11-4-2-1-3-5-11/h5-6,8-10H,7H2,1-4H3,(H,16,17);1-5,9-10,12H,6,8H2,(H,15,18). The molecule has 37 heavy (non-hydrogen) atoms. The van der Waals surface area contributed by atoms with E-state index in [1.807, 2.05) is 31.3 Å². The van der Waals surface area contributed by atoms with Crippen molar-refractivity contribution in [1.29, 1.82) is 5.26 Å². The number of nitrogens with one attached hydrogen (secondary N) is 2. The lowest BCUT2D eigenvalue weighted by Gasteiger charge is -2.25. The number of hydrogen-bond donors (Lipinski definition) is 2. The number of carbonyl (C=O) groups excluding carboxylic acids is 3. The van der Waals surface area contributed by atoms with E-state index in [9.17, 15) is 14.4 Å². The summed E-state index contributed by atoms with van der Waals surface area (Å²) in [4.78, 5) is 49.6. The number of H-pyrrole nitrogens is 1. The monoisotopic (exact) mass is 503 g/mol. The van der Waals surface area contributed by atoms with Gasteiger partial charge in [0.25, 0.3) is 5.91 Å². The van der Waals surface area contributed by atoms with Gasteiger partial charge >= 0.3 is 0 Å². The molecule has 4 rings (SSSR count). The van der Waals surface area contributed by atoms with Crippen LogP contribution in [0.15, 0.2) is 48.8 Å². The molecule has 10 nitrogen and oxygen atoms in total. The van der Waals surface area contributed by atoms with Crippen molar-refractivity contribution in [2.45, 2.75) is 45.7 Å². The van der Waals surface area contributed by atoms with Crippen LogP contribution in [0, 0.1) is 23.2 Å². The van der Waals surface area contributed by atoms with E-state index in [0.29, 0.717) is 36.6 Å². The van der Waals surface area contributed by atoms with Gasteiger partial charge in [0, 0.05) is 37.7 Å². The predicted molar refractivity (Wildman–Crippen MR) is 140 cm³/mol. The van der Waals surface area contributed by atoms with Crippen molar-refractivity contribution in [3.05, 3.63) is 54.5 Å². The smallest absolute Gasteiger partial charge is 0.270 e. The molecule has 0 saturated carbocycles. The van der Waals surface area contributed by atoms with Gasteiger partial charge in [-0.2, -0.15) is 5.26 Å². The second-order valence-electron chi connectivity index (χ2n) is 9.60. The minimum Gasteiger partial charge on any atom is -0.338 e. The van der Waals surface area contributed by atoms with Gasteiger partial charge in [0.15, 0.2) is 5.65 Å². The van der Waals surface area contributed by atoms with Crippen molar-refractivity contribution in [3.8, 4) is 6.07 Å². The molecule has 1 aliphatic rings. The summed E-state index contributed by atoms with van der Waals surface area (Å²) < 4.78 is 0. The van der Waals surface area contributed by atoms with Crippen LogP contribution in [0.3, 0.4) is 0 Å². The van der Waals surface area contributed by atoms with E-state index in [2.05, 4.69) is 41.0 Å². The Morgan fingerprint density at radius 1 is 1.24 bits per heavy atom. The summed E-state index contributed by atoms with van der Waals surface area (Å²) in [6, 6.07) is 12.6. The summed E-state index contributed by atoms with van der Waals surface area (Å²) >= 11 is 0. The Hall–Kier alpha value is -4.26. The fraction of sp³-hybridized carbons (Fsp3) is 0.407. The average molecular weight is 504 g/mol. The molecule has 0 radical (unpaired) electrons. The zero-order valence-corrected chi connectivity index (χ0v) is 21.6. The first-order chi connectivity index (χ1) is 17.7. The Balaban J connectivity index is 0.000000206. The van der Waals surface area contributed by atoms with Gasteiger partial charge in [-0.05, 0) is 43.9 Å². The Bertz CT molecular complexity index is 1220. The molecular weight excluding hydrogens is 470 g/mol. The van der Waals surface area contributed by atoms with Crippen molar-refractivity contribution in [2.24, 2.45) is 11.8 Å². The zero-order valence-electron chi connectivity index (χ0n) is 21.6. The normalized spacial score (nSPS) is 17.5. The van der Waals surface area contributed by atoms with E-state index in [4.69, 9.17) is 5.26 Å². The molecule has 2 aromatic heterocycles. The van der Waals surface area contributed by atoms with Gasteiger partial charge in [-0.3, -0.25) is 19.4 Å². The molecule has 0 bridgehead atoms. The number of aromatic nitrogens is 3. The minimum atomic E-state index is -0.492. The fourth-order valence-corrected chi connectivity index (χ4v) is 4.26. The number of likely N-dealkylation sites (tertiary alicyclic amines) is 1. The van der Waals surface area contributed by atoms with Gasteiger partial charge in [0.1, 0.15) is 17.3 Å². The van der Waals surface area contributed by atoms with Crippen molar-refractivity contribution in [1.82, 2.24) is 24.8 Å². The lowest BCUT2D eigenvalue weighted by atomic mass is 10.0. The van der Waals surface area contributed by atoms with Crippen molar-refractivity contribution >= 4 is 35.1 Å². The molecule has 10 heteroatoms. The Labute approximate surface area is 216 Å². The van der Waals surface area contributed by atoms with E-state index in [-0.39, 0.29) is 23.8 Å². The van der Waals surface area contributed by atoms with Crippen LogP contribution in [-0.2, 0) is 9.59 Å². The second-order valence-corrected chi connectivity index (χ2v) is 9.60. The summed E-state index contributed by atoms with van der Waals surface area (Å²) in [5, 5.41) is 11.7. The molecule has 1 fully saturated rings. The number of para-hydroxylation sites is 1. The summed E-state index contributed by atoms with van der Waals surface area (Å²) in [7, 11) is 1.84. The maximum atomic E-state index is 12.4. The number of hydrogen-bond acceptors (Lipinski definition) is 6. The van der Waals surface area contributed by atoms with E-state index >= 15 is 0 Å². The number of amides is 3. The first kappa shape index (κ1) is 27.3. The van der Waals surface area contributed by atoms with Crippen LogP contribution in [0.25, 0.3) is 11.2 Å². The third kappa shape index (κ3) is 7.13. The van der Waals surface area contributed by atoms with Gasteiger partial charge in [-0.1, -0.05) is 32.0 Å². The highest BCUT2D eigenvalue weighted by Gasteiger charge is 2.35. The molecular formula is C27H33N7O3. The molecule has 0 spiro atoms. The lowest BCUT2D eigenvalue weighted by molar-refractivity contribution is -0.120. The van der Waals surface area contributed by atoms with E-state index in [1.165, 1.54) is 4.90 Å². The molecule has 0 aliphatic carbocycles. The number of benzene rings is 1. The predicted octanol–water partition coefficient (Wildman–Crippen LogP) is 3.46. The Morgan fingerprint density at radius 3 is 2.54 bits per heavy atom. The van der Waals surface area contributed by atoms with Gasteiger partial charge in [0.2, 0.25) is 12.3 Å². The van der Waals surface area contributed by atoms with Gasteiger partial charge in [-0.25, -0.2) is 4.98 Å². The van der Waals surface area contributed by atoms with Crippen molar-refractivity contribution in [2.75, 3.05) is 18.9 Å². The minimum absolute atomic E-state index is 0.0204. The van der Waals surface area contributed by atoms with E-state index in [1.54, 1.807) is 35.5 Å². The number of anilines is 1. The first-order valence-corrected chi connectivity index (χ1v) is 12.3. The third-order valence-electron chi connectivity index (χ3n) is 6.32. The van der Waals surface area contributed by atoms with Crippen molar-refractivity contribution < 1.29 is 14.4 Å². The summed E-state index contributed by atoms with van der Waals surface area (Å²) in [5.74, 6) is 0.0788. The molecule has 3 unspecified atom stereocenters. The summed E-state index contributed by atoms with van der Waals surface area (Å²) in [6.45, 7) is 6.69. The Morgan fingerprint density at radius 2 is 1.95 bits per heavy atom. The molecule has 1 aromatic carbocycles. The molecule has 3 aromatic rings. The maximum absolute atomic E-state index is 12.4. The largest absolute Gasteiger partial charge is 0.338 e. The molecule has 1 aliphatic heterocycles. The SMILES string of the molecule is CC(C)CC(C)N(C)C(=O)c1cc2nccnc2[nH]1.N#CC1CC(C(=O)Nc2ccccc2)CN1C=O. The van der Waals surface area contributed by atoms with Crippen LogP contribution in [0.5, 0.6) is 0 Å². The first-order valence-electron chi connectivity index (χ1n) is 12.3. The highest BCUT2D eigenvalue weighted by atomic mass is 16.2. The topological polar surface area (TPSA) is 135 Å². The van der Waals surface area contributed by atoms with Gasteiger partial charge in [0.05, 0.1) is 12.0 Å². The summed E-state index contributed by atoms with van der Waals surface area (Å²) in [6.07, 6.45) is 5.24. The van der Waals surface area contributed by atoms with Crippen LogP contribution in [0.4, 0.5) is 5.69 Å². The van der Waals surface area contributed by atoms with Crippen LogP contribution in [0.2, 0.25) is 0 Å². The molecule has 2 N–H and O–H groups in total. The van der Waals surface area contributed by atoms with Crippen molar-refractivity contribution in [3.63, 3.8) is 0 Å². The number of nitrogens with zero attached hydrogens (tertiary/aromatic N) is 5. The molecule has 194 valence electrons. The lowest BCUT2D eigenvalue weighted by Crippen LogP contribution is -2.36. The van der Waals surface area contributed by atoms with E-state index < -0.39 is 6.04 Å². The van der Waals surface area contributed by atoms with Gasteiger partial charge in [-0.15, -0.1) is 0 Å². The van der Waals surface area contributed by atoms with E-state index in [0.717, 1.165) is 17.6 Å². The molecule has 1 saturated heterocycles.